The van der Waals surface area contributed by atoms with Crippen molar-refractivity contribution in [3.63, 3.8) is 0 Å². The number of rotatable bonds is 2. The standard InChI is InChI=1S/C19H21NO2/c21-18-13-7-6-11-16(18)19(22)20-14-8-2-5-12-17(20)15-9-3-1-4-10-15/h1,3-4,6-7,9-11,13,17,21H,2,5,8,12,14H2. The van der Waals surface area contributed by atoms with Crippen LogP contribution < -0.4 is 0 Å². The van der Waals surface area contributed by atoms with Crippen molar-refractivity contribution in [2.24, 2.45) is 0 Å². The van der Waals surface area contributed by atoms with Gasteiger partial charge in [0.05, 0.1) is 11.6 Å². The summed E-state index contributed by atoms with van der Waals surface area (Å²) in [6, 6.07) is 17.1. The highest BCUT2D eigenvalue weighted by atomic mass is 16.3. The normalized spacial score (nSPS) is 18.7. The van der Waals surface area contributed by atoms with Gasteiger partial charge in [0, 0.05) is 6.54 Å². The molecule has 1 N–H and O–H groups in total. The third-order valence-corrected chi connectivity index (χ3v) is 4.33. The summed E-state index contributed by atoms with van der Waals surface area (Å²) in [4.78, 5) is 14.9. The van der Waals surface area contributed by atoms with Crippen LogP contribution in [0.1, 0.15) is 47.6 Å². The first kappa shape index (κ1) is 14.6. The molecule has 1 aliphatic rings. The quantitative estimate of drug-likeness (QED) is 0.904. The topological polar surface area (TPSA) is 40.5 Å². The van der Waals surface area contributed by atoms with Gasteiger partial charge in [-0.2, -0.15) is 0 Å². The summed E-state index contributed by atoms with van der Waals surface area (Å²) in [5, 5.41) is 9.99. The summed E-state index contributed by atoms with van der Waals surface area (Å²) in [6.45, 7) is 0.743. The van der Waals surface area contributed by atoms with Gasteiger partial charge in [-0.15, -0.1) is 0 Å². The van der Waals surface area contributed by atoms with Gasteiger partial charge in [-0.25, -0.2) is 0 Å². The Morgan fingerprint density at radius 2 is 1.68 bits per heavy atom. The zero-order valence-corrected chi connectivity index (χ0v) is 12.6. The Hall–Kier alpha value is -2.29. The molecule has 3 rings (SSSR count). The first-order chi connectivity index (χ1) is 10.8. The zero-order valence-electron chi connectivity index (χ0n) is 12.6. The molecule has 2 aromatic rings. The number of carbonyl (C=O) groups is 1. The summed E-state index contributed by atoms with van der Waals surface area (Å²) < 4.78 is 0. The third-order valence-electron chi connectivity index (χ3n) is 4.33. The monoisotopic (exact) mass is 295 g/mol. The van der Waals surface area contributed by atoms with Crippen LogP contribution in [0.2, 0.25) is 0 Å². The maximum atomic E-state index is 12.9. The van der Waals surface area contributed by atoms with E-state index >= 15 is 0 Å². The molecule has 1 saturated heterocycles. The molecule has 22 heavy (non-hydrogen) atoms. The molecule has 3 heteroatoms. The van der Waals surface area contributed by atoms with Gasteiger partial charge in [-0.1, -0.05) is 55.3 Å². The Morgan fingerprint density at radius 3 is 2.45 bits per heavy atom. The van der Waals surface area contributed by atoms with Crippen molar-refractivity contribution < 1.29 is 9.90 Å². The molecule has 1 amide bonds. The molecule has 1 fully saturated rings. The van der Waals surface area contributed by atoms with Gasteiger partial charge in [0.25, 0.3) is 5.91 Å². The van der Waals surface area contributed by atoms with Crippen molar-refractivity contribution in [1.82, 2.24) is 4.90 Å². The highest BCUT2D eigenvalue weighted by Crippen LogP contribution is 2.32. The van der Waals surface area contributed by atoms with E-state index in [0.29, 0.717) is 5.56 Å². The Bertz CT molecular complexity index is 639. The molecule has 0 radical (unpaired) electrons. The lowest BCUT2D eigenvalue weighted by molar-refractivity contribution is 0.0678. The van der Waals surface area contributed by atoms with E-state index in [0.717, 1.165) is 32.2 Å². The van der Waals surface area contributed by atoms with Crippen LogP contribution in [0.15, 0.2) is 54.6 Å². The van der Waals surface area contributed by atoms with Crippen LogP contribution in [0.25, 0.3) is 0 Å². The van der Waals surface area contributed by atoms with Crippen LogP contribution in [0, 0.1) is 0 Å². The van der Waals surface area contributed by atoms with Gasteiger partial charge >= 0.3 is 0 Å². The molecular formula is C19H21NO2. The second-order valence-corrected chi connectivity index (χ2v) is 5.79. The number of amides is 1. The number of nitrogens with zero attached hydrogens (tertiary/aromatic N) is 1. The molecule has 1 aliphatic heterocycles. The van der Waals surface area contributed by atoms with Gasteiger partial charge in [-0.05, 0) is 30.5 Å². The van der Waals surface area contributed by atoms with Crippen LogP contribution in [0.5, 0.6) is 5.75 Å². The van der Waals surface area contributed by atoms with Crippen molar-refractivity contribution in [2.75, 3.05) is 6.54 Å². The maximum absolute atomic E-state index is 12.9. The lowest BCUT2D eigenvalue weighted by atomic mass is 10.00. The number of hydrogen-bond donors (Lipinski definition) is 1. The van der Waals surface area contributed by atoms with E-state index < -0.39 is 0 Å². The van der Waals surface area contributed by atoms with Gasteiger partial charge in [0.15, 0.2) is 0 Å². The fourth-order valence-corrected chi connectivity index (χ4v) is 3.18. The van der Waals surface area contributed by atoms with E-state index in [1.165, 1.54) is 5.56 Å². The number of benzene rings is 2. The molecule has 1 heterocycles. The molecular weight excluding hydrogens is 274 g/mol. The van der Waals surface area contributed by atoms with Crippen molar-refractivity contribution in [1.29, 1.82) is 0 Å². The zero-order chi connectivity index (χ0) is 15.4. The van der Waals surface area contributed by atoms with Gasteiger partial charge in [0.2, 0.25) is 0 Å². The highest BCUT2D eigenvalue weighted by molar-refractivity contribution is 5.97. The largest absolute Gasteiger partial charge is 0.507 e. The third kappa shape index (κ3) is 2.98. The lowest BCUT2D eigenvalue weighted by Gasteiger charge is -2.30. The number of likely N-dealkylation sites (tertiary alicyclic amines) is 1. The summed E-state index contributed by atoms with van der Waals surface area (Å²) in [5.74, 6) is -0.0163. The molecule has 0 saturated carbocycles. The van der Waals surface area contributed by atoms with Crippen molar-refractivity contribution in [3.8, 4) is 5.75 Å². The SMILES string of the molecule is O=C(c1ccccc1O)N1CCCCCC1c1ccccc1. The molecule has 3 nitrogen and oxygen atoms in total. The second-order valence-electron chi connectivity index (χ2n) is 5.79. The molecule has 0 bridgehead atoms. The number of carbonyl (C=O) groups excluding carboxylic acids is 1. The molecule has 2 aromatic carbocycles. The number of phenolic OH excluding ortho intramolecular Hbond substituents is 1. The van der Waals surface area contributed by atoms with Crippen LogP contribution in [0.4, 0.5) is 0 Å². The van der Waals surface area contributed by atoms with Crippen LogP contribution in [-0.2, 0) is 0 Å². The summed E-state index contributed by atoms with van der Waals surface area (Å²) >= 11 is 0. The number of hydrogen-bond acceptors (Lipinski definition) is 2. The van der Waals surface area contributed by atoms with Crippen LogP contribution in [-0.4, -0.2) is 22.5 Å². The number of phenols is 1. The first-order valence-corrected chi connectivity index (χ1v) is 7.91. The van der Waals surface area contributed by atoms with Crippen molar-refractivity contribution >= 4 is 5.91 Å². The summed E-state index contributed by atoms with van der Waals surface area (Å²) in [5.41, 5.74) is 1.57. The molecule has 1 unspecified atom stereocenters. The molecule has 114 valence electrons. The van der Waals surface area contributed by atoms with Crippen molar-refractivity contribution in [2.45, 2.75) is 31.7 Å². The van der Waals surface area contributed by atoms with Crippen LogP contribution in [0.3, 0.4) is 0 Å². The average Bonchev–Trinajstić information content (AvgIpc) is 2.81. The minimum atomic E-state index is -0.0751. The Kier molecular flexibility index (Phi) is 4.42. The summed E-state index contributed by atoms with van der Waals surface area (Å²) in [6.07, 6.45) is 4.27. The Balaban J connectivity index is 1.94. The van der Waals surface area contributed by atoms with E-state index in [9.17, 15) is 9.90 Å². The van der Waals surface area contributed by atoms with E-state index in [2.05, 4.69) is 12.1 Å². The lowest BCUT2D eigenvalue weighted by Crippen LogP contribution is -2.34. The van der Waals surface area contributed by atoms with E-state index in [4.69, 9.17) is 0 Å². The predicted octanol–water partition coefficient (Wildman–Crippen LogP) is 4.15. The Morgan fingerprint density at radius 1 is 0.955 bits per heavy atom. The van der Waals surface area contributed by atoms with Crippen molar-refractivity contribution in [3.05, 3.63) is 65.7 Å². The fraction of sp³-hybridized carbons (Fsp3) is 0.316. The molecule has 0 aliphatic carbocycles. The fourth-order valence-electron chi connectivity index (χ4n) is 3.18. The molecule has 0 spiro atoms. The summed E-state index contributed by atoms with van der Waals surface area (Å²) in [7, 11) is 0. The Labute approximate surface area is 131 Å². The minimum absolute atomic E-state index is 0.0589. The predicted molar refractivity (Wildman–Crippen MR) is 86.8 cm³/mol. The average molecular weight is 295 g/mol. The first-order valence-electron chi connectivity index (χ1n) is 7.91. The second kappa shape index (κ2) is 6.65. The molecule has 0 aromatic heterocycles. The van der Waals surface area contributed by atoms with E-state index in [1.54, 1.807) is 24.3 Å². The minimum Gasteiger partial charge on any atom is -0.507 e. The van der Waals surface area contributed by atoms with E-state index in [-0.39, 0.29) is 17.7 Å². The van der Waals surface area contributed by atoms with Gasteiger partial charge in [0.1, 0.15) is 5.75 Å². The smallest absolute Gasteiger partial charge is 0.258 e. The number of para-hydroxylation sites is 1. The highest BCUT2D eigenvalue weighted by Gasteiger charge is 2.28. The van der Waals surface area contributed by atoms with Crippen LogP contribution >= 0.6 is 0 Å². The number of aromatic hydroxyl groups is 1. The van der Waals surface area contributed by atoms with E-state index in [1.807, 2.05) is 23.1 Å². The maximum Gasteiger partial charge on any atom is 0.258 e. The molecule has 1 atom stereocenters. The van der Waals surface area contributed by atoms with Gasteiger partial charge < -0.3 is 10.0 Å². The van der Waals surface area contributed by atoms with Gasteiger partial charge in [-0.3, -0.25) is 4.79 Å².